The van der Waals surface area contributed by atoms with Crippen LogP contribution in [0.3, 0.4) is 0 Å². The van der Waals surface area contributed by atoms with Gasteiger partial charge in [-0.05, 0) is 39.6 Å². The third-order valence-electron chi connectivity index (χ3n) is 4.16. The van der Waals surface area contributed by atoms with Gasteiger partial charge in [0.25, 0.3) is 0 Å². The van der Waals surface area contributed by atoms with Crippen molar-refractivity contribution in [2.75, 3.05) is 0 Å². The first-order chi connectivity index (χ1) is 10.2. The Morgan fingerprint density at radius 3 is 2.29 bits per heavy atom. The number of aliphatic hydroxyl groups is 1. The average molecular weight is 279 g/mol. The maximum atomic E-state index is 10.3. The minimum absolute atomic E-state index is 0.348. The number of nitrogens with two attached hydrogens (primary N) is 1. The largest absolute Gasteiger partial charge is 0.391 e. The Kier molecular flexibility index (Phi) is 3.91. The van der Waals surface area contributed by atoms with E-state index in [-0.39, 0.29) is 6.04 Å². The highest BCUT2D eigenvalue weighted by Crippen LogP contribution is 2.32. The molecule has 3 aromatic rings. The minimum atomic E-state index is -0.500. The smallest absolute Gasteiger partial charge is 0.0732 e. The van der Waals surface area contributed by atoms with Crippen LogP contribution in [0, 0.1) is 0 Å². The number of rotatable bonds is 4. The Labute approximate surface area is 125 Å². The fourth-order valence-corrected chi connectivity index (χ4v) is 3.04. The molecule has 0 aliphatic rings. The Hall–Kier alpha value is -1.90. The predicted octanol–water partition coefficient (Wildman–Crippen LogP) is 4.15. The van der Waals surface area contributed by atoms with Gasteiger partial charge in [-0.25, -0.2) is 0 Å². The predicted molar refractivity (Wildman–Crippen MR) is 89.3 cm³/mol. The standard InChI is InChI=1S/C19H21NO/c1-2-7-18(21)19(20)17-12-13-8-3-4-9-14(13)15-10-5-6-11-16(15)17/h3-6,8-12,18-19,21H,2,7,20H2,1H3/t18-,19+/m0/s1. The molecule has 21 heavy (non-hydrogen) atoms. The summed E-state index contributed by atoms with van der Waals surface area (Å²) in [4.78, 5) is 0. The molecular weight excluding hydrogens is 258 g/mol. The molecule has 0 fully saturated rings. The van der Waals surface area contributed by atoms with Gasteiger partial charge in [0.2, 0.25) is 0 Å². The molecule has 0 saturated heterocycles. The molecule has 0 aromatic heterocycles. The first kappa shape index (κ1) is 14.1. The summed E-state index contributed by atoms with van der Waals surface area (Å²) in [7, 11) is 0. The van der Waals surface area contributed by atoms with Crippen LogP contribution in [0.25, 0.3) is 21.5 Å². The van der Waals surface area contributed by atoms with E-state index in [0.29, 0.717) is 0 Å². The highest BCUT2D eigenvalue weighted by molar-refractivity contribution is 6.09. The lowest BCUT2D eigenvalue weighted by atomic mass is 9.90. The zero-order valence-corrected chi connectivity index (χ0v) is 12.3. The topological polar surface area (TPSA) is 46.2 Å². The summed E-state index contributed by atoms with van der Waals surface area (Å²) in [5, 5.41) is 15.0. The van der Waals surface area contributed by atoms with Crippen LogP contribution >= 0.6 is 0 Å². The highest BCUT2D eigenvalue weighted by atomic mass is 16.3. The van der Waals surface area contributed by atoms with E-state index in [1.807, 2.05) is 18.2 Å². The lowest BCUT2D eigenvalue weighted by Gasteiger charge is -2.21. The van der Waals surface area contributed by atoms with E-state index in [0.717, 1.165) is 23.8 Å². The lowest BCUT2D eigenvalue weighted by molar-refractivity contribution is 0.135. The second-order valence-corrected chi connectivity index (χ2v) is 5.61. The highest BCUT2D eigenvalue weighted by Gasteiger charge is 2.19. The van der Waals surface area contributed by atoms with Crippen LogP contribution in [0.15, 0.2) is 54.6 Å². The van der Waals surface area contributed by atoms with E-state index in [4.69, 9.17) is 5.73 Å². The first-order valence-electron chi connectivity index (χ1n) is 7.56. The summed E-state index contributed by atoms with van der Waals surface area (Å²) in [6.45, 7) is 2.06. The van der Waals surface area contributed by atoms with Gasteiger partial charge >= 0.3 is 0 Å². The van der Waals surface area contributed by atoms with Gasteiger partial charge in [-0.15, -0.1) is 0 Å². The van der Waals surface area contributed by atoms with Crippen LogP contribution < -0.4 is 5.73 Å². The van der Waals surface area contributed by atoms with Crippen molar-refractivity contribution in [1.82, 2.24) is 0 Å². The van der Waals surface area contributed by atoms with E-state index >= 15 is 0 Å². The Balaban J connectivity index is 2.25. The van der Waals surface area contributed by atoms with Gasteiger partial charge in [-0.1, -0.05) is 61.9 Å². The van der Waals surface area contributed by atoms with Gasteiger partial charge < -0.3 is 10.8 Å². The molecule has 2 nitrogen and oxygen atoms in total. The second-order valence-electron chi connectivity index (χ2n) is 5.61. The van der Waals surface area contributed by atoms with Crippen LogP contribution in [0.2, 0.25) is 0 Å². The van der Waals surface area contributed by atoms with Crippen molar-refractivity contribution < 1.29 is 5.11 Å². The maximum absolute atomic E-state index is 10.3. The van der Waals surface area contributed by atoms with E-state index in [1.54, 1.807) is 0 Å². The Morgan fingerprint density at radius 2 is 1.57 bits per heavy atom. The molecule has 0 unspecified atom stereocenters. The molecule has 0 aliphatic heterocycles. The molecule has 3 N–H and O–H groups in total. The Morgan fingerprint density at radius 1 is 0.952 bits per heavy atom. The normalized spacial score (nSPS) is 14.4. The van der Waals surface area contributed by atoms with E-state index in [1.165, 1.54) is 16.2 Å². The summed E-state index contributed by atoms with van der Waals surface area (Å²) in [6.07, 6.45) is 1.16. The van der Waals surface area contributed by atoms with Gasteiger partial charge in [-0.3, -0.25) is 0 Å². The summed E-state index contributed by atoms with van der Waals surface area (Å²) in [6, 6.07) is 18.4. The zero-order chi connectivity index (χ0) is 14.8. The molecule has 2 heteroatoms. The lowest BCUT2D eigenvalue weighted by Crippen LogP contribution is -2.26. The van der Waals surface area contributed by atoms with E-state index in [9.17, 15) is 5.11 Å². The molecule has 0 radical (unpaired) electrons. The van der Waals surface area contributed by atoms with Crippen molar-refractivity contribution >= 4 is 21.5 Å². The molecule has 0 spiro atoms. The maximum Gasteiger partial charge on any atom is 0.0732 e. The summed E-state index contributed by atoms with van der Waals surface area (Å²) in [5.74, 6) is 0. The van der Waals surface area contributed by atoms with Gasteiger partial charge in [0.15, 0.2) is 0 Å². The van der Waals surface area contributed by atoms with Gasteiger partial charge in [0, 0.05) is 0 Å². The van der Waals surface area contributed by atoms with Crippen molar-refractivity contribution in [2.45, 2.75) is 31.9 Å². The summed E-state index contributed by atoms with van der Waals surface area (Å²) in [5.41, 5.74) is 7.36. The van der Waals surface area contributed by atoms with Crippen molar-refractivity contribution in [3.63, 3.8) is 0 Å². The molecular formula is C19H21NO. The van der Waals surface area contributed by atoms with Crippen LogP contribution in [-0.4, -0.2) is 11.2 Å². The van der Waals surface area contributed by atoms with Gasteiger partial charge in [-0.2, -0.15) is 0 Å². The zero-order valence-electron chi connectivity index (χ0n) is 12.3. The molecule has 108 valence electrons. The molecule has 0 saturated carbocycles. The summed E-state index contributed by atoms with van der Waals surface area (Å²) < 4.78 is 0. The van der Waals surface area contributed by atoms with Crippen LogP contribution in [0.1, 0.15) is 31.4 Å². The molecule has 0 bridgehead atoms. The SMILES string of the molecule is CCC[C@H](O)[C@H](N)c1cc2ccccc2c2ccccc12. The van der Waals surface area contributed by atoms with Gasteiger partial charge in [0.1, 0.15) is 0 Å². The number of benzene rings is 3. The quantitative estimate of drug-likeness (QED) is 0.705. The number of hydrogen-bond donors (Lipinski definition) is 2. The number of aliphatic hydroxyl groups excluding tert-OH is 1. The molecule has 3 aromatic carbocycles. The molecule has 3 rings (SSSR count). The Bertz CT molecular complexity index is 766. The monoisotopic (exact) mass is 279 g/mol. The third kappa shape index (κ3) is 2.53. The summed E-state index contributed by atoms with van der Waals surface area (Å²) >= 11 is 0. The molecule has 0 amide bonds. The van der Waals surface area contributed by atoms with Crippen molar-refractivity contribution in [2.24, 2.45) is 5.73 Å². The van der Waals surface area contributed by atoms with Crippen molar-refractivity contribution in [3.05, 3.63) is 60.2 Å². The fourth-order valence-electron chi connectivity index (χ4n) is 3.04. The van der Waals surface area contributed by atoms with Crippen molar-refractivity contribution in [1.29, 1.82) is 0 Å². The average Bonchev–Trinajstić information content (AvgIpc) is 2.53. The second kappa shape index (κ2) is 5.84. The molecule has 0 aliphatic carbocycles. The fraction of sp³-hybridized carbons (Fsp3) is 0.263. The van der Waals surface area contributed by atoms with E-state index < -0.39 is 6.10 Å². The van der Waals surface area contributed by atoms with E-state index in [2.05, 4.69) is 43.3 Å². The van der Waals surface area contributed by atoms with Crippen LogP contribution in [0.4, 0.5) is 0 Å². The van der Waals surface area contributed by atoms with Crippen LogP contribution in [-0.2, 0) is 0 Å². The molecule has 0 heterocycles. The van der Waals surface area contributed by atoms with Crippen molar-refractivity contribution in [3.8, 4) is 0 Å². The van der Waals surface area contributed by atoms with Gasteiger partial charge in [0.05, 0.1) is 12.1 Å². The number of hydrogen-bond acceptors (Lipinski definition) is 2. The molecule has 2 atom stereocenters. The first-order valence-corrected chi connectivity index (χ1v) is 7.56. The minimum Gasteiger partial charge on any atom is -0.391 e. The number of fused-ring (bicyclic) bond motifs is 3. The van der Waals surface area contributed by atoms with Crippen LogP contribution in [0.5, 0.6) is 0 Å². The third-order valence-corrected chi connectivity index (χ3v) is 4.16.